The number of urea groups is 1. The van der Waals surface area contributed by atoms with Crippen molar-refractivity contribution >= 4 is 12.0 Å². The molecule has 0 atom stereocenters. The van der Waals surface area contributed by atoms with E-state index in [0.29, 0.717) is 13.1 Å². The molecule has 0 unspecified atom stereocenters. The Morgan fingerprint density at radius 2 is 2.06 bits per heavy atom. The third kappa shape index (κ3) is 8.01. The molecule has 0 saturated heterocycles. The molecule has 0 aliphatic heterocycles. The fourth-order valence-electron chi connectivity index (χ4n) is 0.906. The van der Waals surface area contributed by atoms with E-state index in [1.54, 1.807) is 7.05 Å². The standard InChI is InChI=1S/C9H19N3O4/c1-10-3-5-12(2)9(15)11-4-6-16-7-8(13)14/h10H,3-7H2,1-2H3,(H,11,15)(H,13,14). The summed E-state index contributed by atoms with van der Waals surface area (Å²) in [5, 5.41) is 13.8. The molecule has 0 aliphatic carbocycles. The van der Waals surface area contributed by atoms with E-state index >= 15 is 0 Å². The van der Waals surface area contributed by atoms with Crippen molar-refractivity contribution in [3.8, 4) is 0 Å². The lowest BCUT2D eigenvalue weighted by Gasteiger charge is -2.17. The summed E-state index contributed by atoms with van der Waals surface area (Å²) in [6, 6.07) is -0.200. The van der Waals surface area contributed by atoms with Crippen LogP contribution in [-0.2, 0) is 9.53 Å². The summed E-state index contributed by atoms with van der Waals surface area (Å²) in [4.78, 5) is 23.0. The van der Waals surface area contributed by atoms with Crippen LogP contribution < -0.4 is 10.6 Å². The largest absolute Gasteiger partial charge is 0.480 e. The number of nitrogens with zero attached hydrogens (tertiary/aromatic N) is 1. The van der Waals surface area contributed by atoms with Crippen molar-refractivity contribution < 1.29 is 19.4 Å². The quantitative estimate of drug-likeness (QED) is 0.465. The van der Waals surface area contributed by atoms with Crippen molar-refractivity contribution in [2.24, 2.45) is 0 Å². The number of nitrogens with one attached hydrogen (secondary N) is 2. The predicted molar refractivity (Wildman–Crippen MR) is 58.4 cm³/mol. The van der Waals surface area contributed by atoms with Crippen molar-refractivity contribution in [1.29, 1.82) is 0 Å². The van der Waals surface area contributed by atoms with Crippen LogP contribution in [0, 0.1) is 0 Å². The molecule has 0 aromatic heterocycles. The van der Waals surface area contributed by atoms with Gasteiger partial charge in [0.1, 0.15) is 6.61 Å². The highest BCUT2D eigenvalue weighted by Crippen LogP contribution is 1.82. The average molecular weight is 233 g/mol. The predicted octanol–water partition coefficient (Wildman–Crippen LogP) is -1.05. The van der Waals surface area contributed by atoms with Crippen molar-refractivity contribution in [1.82, 2.24) is 15.5 Å². The van der Waals surface area contributed by atoms with Crippen LogP contribution >= 0.6 is 0 Å². The van der Waals surface area contributed by atoms with Crippen LogP contribution in [0.15, 0.2) is 0 Å². The molecule has 0 spiro atoms. The molecule has 0 aliphatic rings. The molecule has 16 heavy (non-hydrogen) atoms. The molecule has 0 aromatic carbocycles. The van der Waals surface area contributed by atoms with Crippen LogP contribution in [0.3, 0.4) is 0 Å². The second-order valence-electron chi connectivity index (χ2n) is 3.20. The number of hydrogen-bond acceptors (Lipinski definition) is 4. The van der Waals surface area contributed by atoms with E-state index in [4.69, 9.17) is 9.84 Å². The van der Waals surface area contributed by atoms with E-state index in [2.05, 4.69) is 10.6 Å². The molecule has 0 heterocycles. The lowest BCUT2D eigenvalue weighted by molar-refractivity contribution is -0.142. The average Bonchev–Trinajstić information content (AvgIpc) is 2.24. The van der Waals surface area contributed by atoms with Gasteiger partial charge in [-0.25, -0.2) is 9.59 Å². The van der Waals surface area contributed by atoms with E-state index in [1.165, 1.54) is 4.90 Å². The van der Waals surface area contributed by atoms with Crippen molar-refractivity contribution in [2.45, 2.75) is 0 Å². The van der Waals surface area contributed by atoms with Crippen LogP contribution in [0.4, 0.5) is 4.79 Å². The fraction of sp³-hybridized carbons (Fsp3) is 0.778. The molecule has 7 heteroatoms. The lowest BCUT2D eigenvalue weighted by atomic mass is 10.5. The summed E-state index contributed by atoms with van der Waals surface area (Å²) in [6.07, 6.45) is 0. The topological polar surface area (TPSA) is 90.9 Å². The van der Waals surface area contributed by atoms with Crippen LogP contribution in [0.1, 0.15) is 0 Å². The zero-order valence-corrected chi connectivity index (χ0v) is 9.65. The number of ether oxygens (including phenoxy) is 1. The number of carbonyl (C=O) groups excluding carboxylic acids is 1. The highest BCUT2D eigenvalue weighted by atomic mass is 16.5. The maximum atomic E-state index is 11.4. The Balaban J connectivity index is 3.45. The third-order valence-corrected chi connectivity index (χ3v) is 1.79. The molecule has 2 amide bonds. The van der Waals surface area contributed by atoms with Gasteiger partial charge >= 0.3 is 12.0 Å². The first kappa shape index (κ1) is 14.7. The second-order valence-corrected chi connectivity index (χ2v) is 3.20. The normalized spacial score (nSPS) is 9.88. The van der Waals surface area contributed by atoms with E-state index < -0.39 is 5.97 Å². The molecule has 3 N–H and O–H groups in total. The van der Waals surface area contributed by atoms with Gasteiger partial charge in [0.15, 0.2) is 0 Å². The Bertz CT molecular complexity index is 223. The molecule has 94 valence electrons. The van der Waals surface area contributed by atoms with Gasteiger partial charge in [-0.15, -0.1) is 0 Å². The van der Waals surface area contributed by atoms with Gasteiger partial charge in [-0.05, 0) is 7.05 Å². The molecular weight excluding hydrogens is 214 g/mol. The van der Waals surface area contributed by atoms with Crippen molar-refractivity contribution in [3.05, 3.63) is 0 Å². The van der Waals surface area contributed by atoms with Gasteiger partial charge in [-0.3, -0.25) is 0 Å². The molecular formula is C9H19N3O4. The van der Waals surface area contributed by atoms with E-state index in [9.17, 15) is 9.59 Å². The van der Waals surface area contributed by atoms with Crippen LogP contribution in [0.2, 0.25) is 0 Å². The number of carboxylic acid groups (broad SMARTS) is 1. The number of aliphatic carboxylic acids is 1. The van der Waals surface area contributed by atoms with Gasteiger partial charge in [0.25, 0.3) is 0 Å². The van der Waals surface area contributed by atoms with Crippen molar-refractivity contribution in [3.63, 3.8) is 0 Å². The Morgan fingerprint density at radius 3 is 2.62 bits per heavy atom. The molecule has 0 aromatic rings. The van der Waals surface area contributed by atoms with Gasteiger partial charge in [-0.2, -0.15) is 0 Å². The van der Waals surface area contributed by atoms with Crippen LogP contribution in [0.25, 0.3) is 0 Å². The maximum Gasteiger partial charge on any atom is 0.329 e. The second kappa shape index (κ2) is 8.93. The molecule has 0 rings (SSSR count). The third-order valence-electron chi connectivity index (χ3n) is 1.79. The summed E-state index contributed by atoms with van der Waals surface area (Å²) in [5.74, 6) is -1.02. The Labute approximate surface area is 94.7 Å². The minimum atomic E-state index is -1.02. The maximum absolute atomic E-state index is 11.4. The first-order valence-electron chi connectivity index (χ1n) is 5.01. The first-order chi connectivity index (χ1) is 7.57. The summed E-state index contributed by atoms with van der Waals surface area (Å²) < 4.78 is 4.76. The van der Waals surface area contributed by atoms with Crippen LogP contribution in [0.5, 0.6) is 0 Å². The van der Waals surface area contributed by atoms with E-state index in [1.807, 2.05) is 7.05 Å². The summed E-state index contributed by atoms with van der Waals surface area (Å²) in [6.45, 7) is 1.48. The Hall–Kier alpha value is -1.34. The number of carbonyl (C=O) groups is 2. The van der Waals surface area contributed by atoms with Gasteiger partial charge in [0.05, 0.1) is 6.61 Å². The summed E-state index contributed by atoms with van der Waals surface area (Å²) in [5.41, 5.74) is 0. The number of carboxylic acids is 1. The minimum absolute atomic E-state index is 0.192. The van der Waals surface area contributed by atoms with Gasteiger partial charge in [0, 0.05) is 26.7 Å². The van der Waals surface area contributed by atoms with Crippen molar-refractivity contribution in [2.75, 3.05) is 46.9 Å². The Kier molecular flexibility index (Phi) is 8.18. The van der Waals surface area contributed by atoms with Gasteiger partial charge < -0.3 is 25.4 Å². The highest BCUT2D eigenvalue weighted by molar-refractivity contribution is 5.73. The number of likely N-dealkylation sites (N-methyl/N-ethyl adjacent to an activating group) is 2. The lowest BCUT2D eigenvalue weighted by Crippen LogP contribution is -2.41. The number of rotatable bonds is 8. The molecule has 0 saturated carbocycles. The zero-order valence-electron chi connectivity index (χ0n) is 9.65. The van der Waals surface area contributed by atoms with E-state index in [0.717, 1.165) is 6.54 Å². The summed E-state index contributed by atoms with van der Waals surface area (Å²) >= 11 is 0. The van der Waals surface area contributed by atoms with Gasteiger partial charge in [-0.1, -0.05) is 0 Å². The van der Waals surface area contributed by atoms with E-state index in [-0.39, 0.29) is 19.2 Å². The smallest absolute Gasteiger partial charge is 0.329 e. The monoisotopic (exact) mass is 233 g/mol. The zero-order chi connectivity index (χ0) is 12.4. The SMILES string of the molecule is CNCCN(C)C(=O)NCCOCC(=O)O. The molecule has 0 bridgehead atoms. The number of amides is 2. The molecule has 0 radical (unpaired) electrons. The molecule has 7 nitrogen and oxygen atoms in total. The van der Waals surface area contributed by atoms with Crippen LogP contribution in [-0.4, -0.2) is 69.0 Å². The summed E-state index contributed by atoms with van der Waals surface area (Å²) in [7, 11) is 3.50. The fourth-order valence-corrected chi connectivity index (χ4v) is 0.906. The number of hydrogen-bond donors (Lipinski definition) is 3. The first-order valence-corrected chi connectivity index (χ1v) is 5.01. The van der Waals surface area contributed by atoms with Gasteiger partial charge in [0.2, 0.25) is 0 Å². The molecule has 0 fully saturated rings. The highest BCUT2D eigenvalue weighted by Gasteiger charge is 2.06. The Morgan fingerprint density at radius 1 is 1.38 bits per heavy atom. The minimum Gasteiger partial charge on any atom is -0.480 e.